The van der Waals surface area contributed by atoms with E-state index >= 15 is 0 Å². The van der Waals surface area contributed by atoms with Crippen LogP contribution in [0.15, 0.2) is 0 Å². The van der Waals surface area contributed by atoms with E-state index in [4.69, 9.17) is 5.73 Å². The molecule has 0 amide bonds. The molecule has 1 aliphatic carbocycles. The Labute approximate surface area is 88.6 Å². The summed E-state index contributed by atoms with van der Waals surface area (Å²) in [5.41, 5.74) is 5.89. The third kappa shape index (κ3) is 3.58. The number of hydrogen-bond donors (Lipinski definition) is 2. The first-order chi connectivity index (χ1) is 6.63. The first kappa shape index (κ1) is 12.0. The maximum atomic E-state index is 5.89. The Hall–Kier alpha value is -0.0800. The lowest BCUT2D eigenvalue weighted by Crippen LogP contribution is -2.43. The predicted molar refractivity (Wildman–Crippen MR) is 62.3 cm³/mol. The van der Waals surface area contributed by atoms with Crippen LogP contribution in [0.1, 0.15) is 52.9 Å². The van der Waals surface area contributed by atoms with Crippen molar-refractivity contribution < 1.29 is 0 Å². The third-order valence-corrected chi connectivity index (χ3v) is 3.77. The van der Waals surface area contributed by atoms with Gasteiger partial charge in [-0.05, 0) is 38.5 Å². The average Bonchev–Trinajstić information content (AvgIpc) is 2.20. The normalized spacial score (nSPS) is 32.6. The fraction of sp³-hybridized carbons (Fsp3) is 1.00. The molecule has 2 heteroatoms. The minimum atomic E-state index is 0.465. The van der Waals surface area contributed by atoms with E-state index in [0.717, 1.165) is 12.0 Å². The van der Waals surface area contributed by atoms with Crippen LogP contribution >= 0.6 is 0 Å². The van der Waals surface area contributed by atoms with Crippen molar-refractivity contribution in [2.24, 2.45) is 11.7 Å². The van der Waals surface area contributed by atoms with Crippen molar-refractivity contribution in [3.8, 4) is 0 Å². The molecule has 1 aliphatic rings. The van der Waals surface area contributed by atoms with Crippen molar-refractivity contribution in [2.75, 3.05) is 0 Å². The SMILES string of the molecule is CCC(C)C(C)NC1CCC(N)CC1. The summed E-state index contributed by atoms with van der Waals surface area (Å²) in [6.45, 7) is 6.90. The van der Waals surface area contributed by atoms with Gasteiger partial charge in [0, 0.05) is 18.1 Å². The highest BCUT2D eigenvalue weighted by atomic mass is 15.0. The molecule has 2 unspecified atom stereocenters. The lowest BCUT2D eigenvalue weighted by molar-refractivity contribution is 0.283. The van der Waals surface area contributed by atoms with Crippen LogP contribution < -0.4 is 11.1 Å². The molecule has 0 saturated heterocycles. The van der Waals surface area contributed by atoms with Crippen molar-refractivity contribution in [1.82, 2.24) is 5.32 Å². The van der Waals surface area contributed by atoms with Gasteiger partial charge in [-0.2, -0.15) is 0 Å². The summed E-state index contributed by atoms with van der Waals surface area (Å²) in [6.07, 6.45) is 6.19. The van der Waals surface area contributed by atoms with Gasteiger partial charge in [-0.3, -0.25) is 0 Å². The largest absolute Gasteiger partial charge is 0.328 e. The zero-order valence-electron chi connectivity index (χ0n) is 9.92. The average molecular weight is 198 g/mol. The van der Waals surface area contributed by atoms with Crippen molar-refractivity contribution in [3.05, 3.63) is 0 Å². The Morgan fingerprint density at radius 1 is 1.21 bits per heavy atom. The summed E-state index contributed by atoms with van der Waals surface area (Å²) in [6, 6.07) is 1.84. The van der Waals surface area contributed by atoms with Gasteiger partial charge in [0.2, 0.25) is 0 Å². The highest BCUT2D eigenvalue weighted by molar-refractivity contribution is 4.81. The lowest BCUT2D eigenvalue weighted by Gasteiger charge is -2.31. The molecular weight excluding hydrogens is 172 g/mol. The van der Waals surface area contributed by atoms with Gasteiger partial charge < -0.3 is 11.1 Å². The molecule has 3 N–H and O–H groups in total. The predicted octanol–water partition coefficient (Wildman–Crippen LogP) is 2.28. The number of nitrogens with two attached hydrogens (primary N) is 1. The van der Waals surface area contributed by atoms with Crippen molar-refractivity contribution in [2.45, 2.75) is 71.0 Å². The molecule has 1 fully saturated rings. The maximum absolute atomic E-state index is 5.89. The fourth-order valence-electron chi connectivity index (χ4n) is 2.18. The zero-order valence-corrected chi connectivity index (χ0v) is 9.92. The molecule has 0 heterocycles. The molecule has 0 bridgehead atoms. The van der Waals surface area contributed by atoms with Crippen molar-refractivity contribution in [1.29, 1.82) is 0 Å². The molecule has 2 nitrogen and oxygen atoms in total. The lowest BCUT2D eigenvalue weighted by atomic mass is 9.90. The van der Waals surface area contributed by atoms with Crippen molar-refractivity contribution in [3.63, 3.8) is 0 Å². The molecule has 1 rings (SSSR count). The second-order valence-electron chi connectivity index (χ2n) is 4.95. The Kier molecular flexibility index (Phi) is 4.90. The summed E-state index contributed by atoms with van der Waals surface area (Å²) in [4.78, 5) is 0. The fourth-order valence-corrected chi connectivity index (χ4v) is 2.18. The monoisotopic (exact) mass is 198 g/mol. The van der Waals surface area contributed by atoms with Crippen LogP contribution in [0.3, 0.4) is 0 Å². The quantitative estimate of drug-likeness (QED) is 0.727. The van der Waals surface area contributed by atoms with E-state index in [1.54, 1.807) is 0 Å². The molecule has 84 valence electrons. The van der Waals surface area contributed by atoms with Crippen LogP contribution in [0, 0.1) is 5.92 Å². The van der Waals surface area contributed by atoms with E-state index < -0.39 is 0 Å². The van der Waals surface area contributed by atoms with Crippen LogP contribution in [-0.2, 0) is 0 Å². The van der Waals surface area contributed by atoms with Gasteiger partial charge in [0.05, 0.1) is 0 Å². The minimum Gasteiger partial charge on any atom is -0.328 e. The molecule has 0 aromatic rings. The second-order valence-corrected chi connectivity index (χ2v) is 4.95. The first-order valence-electron chi connectivity index (χ1n) is 6.15. The van der Waals surface area contributed by atoms with Crippen LogP contribution in [0.5, 0.6) is 0 Å². The van der Waals surface area contributed by atoms with Gasteiger partial charge in [0.1, 0.15) is 0 Å². The van der Waals surface area contributed by atoms with Crippen LogP contribution in [0.4, 0.5) is 0 Å². The van der Waals surface area contributed by atoms with Gasteiger partial charge in [-0.1, -0.05) is 20.3 Å². The summed E-state index contributed by atoms with van der Waals surface area (Å²) >= 11 is 0. The molecule has 0 aromatic heterocycles. The molecule has 0 radical (unpaired) electrons. The van der Waals surface area contributed by atoms with E-state index in [9.17, 15) is 0 Å². The smallest absolute Gasteiger partial charge is 0.00708 e. The Bertz CT molecular complexity index is 150. The van der Waals surface area contributed by atoms with Crippen LogP contribution in [0.25, 0.3) is 0 Å². The Morgan fingerprint density at radius 3 is 2.29 bits per heavy atom. The van der Waals surface area contributed by atoms with Gasteiger partial charge in [0.15, 0.2) is 0 Å². The standard InChI is InChI=1S/C12H26N2/c1-4-9(2)10(3)14-12-7-5-11(13)6-8-12/h9-12,14H,4-8,13H2,1-3H3. The summed E-state index contributed by atoms with van der Waals surface area (Å²) in [5.74, 6) is 0.783. The molecule has 0 spiro atoms. The van der Waals surface area contributed by atoms with Crippen molar-refractivity contribution >= 4 is 0 Å². The third-order valence-electron chi connectivity index (χ3n) is 3.77. The molecule has 14 heavy (non-hydrogen) atoms. The molecule has 1 saturated carbocycles. The van der Waals surface area contributed by atoms with E-state index in [1.807, 2.05) is 0 Å². The highest BCUT2D eigenvalue weighted by Gasteiger charge is 2.21. The number of hydrogen-bond acceptors (Lipinski definition) is 2. The summed E-state index contributed by atoms with van der Waals surface area (Å²) in [7, 11) is 0. The van der Waals surface area contributed by atoms with E-state index in [-0.39, 0.29) is 0 Å². The topological polar surface area (TPSA) is 38.0 Å². The maximum Gasteiger partial charge on any atom is 0.00708 e. The van der Waals surface area contributed by atoms with E-state index in [1.165, 1.54) is 32.1 Å². The molecular formula is C12H26N2. The van der Waals surface area contributed by atoms with Gasteiger partial charge in [-0.25, -0.2) is 0 Å². The van der Waals surface area contributed by atoms with Gasteiger partial charge in [0.25, 0.3) is 0 Å². The highest BCUT2D eigenvalue weighted by Crippen LogP contribution is 2.19. The summed E-state index contributed by atoms with van der Waals surface area (Å²) in [5, 5.41) is 3.73. The Morgan fingerprint density at radius 2 is 1.79 bits per heavy atom. The van der Waals surface area contributed by atoms with Crippen LogP contribution in [0.2, 0.25) is 0 Å². The van der Waals surface area contributed by atoms with Gasteiger partial charge >= 0.3 is 0 Å². The minimum absolute atomic E-state index is 0.465. The Balaban J connectivity index is 2.23. The zero-order chi connectivity index (χ0) is 10.6. The van der Waals surface area contributed by atoms with Gasteiger partial charge in [-0.15, -0.1) is 0 Å². The number of nitrogens with one attached hydrogen (secondary N) is 1. The van der Waals surface area contributed by atoms with Crippen LogP contribution in [-0.4, -0.2) is 18.1 Å². The van der Waals surface area contributed by atoms with E-state index in [0.29, 0.717) is 12.1 Å². The molecule has 0 aromatic carbocycles. The van der Waals surface area contributed by atoms with E-state index in [2.05, 4.69) is 26.1 Å². The second kappa shape index (κ2) is 5.72. The first-order valence-corrected chi connectivity index (χ1v) is 6.15. The number of rotatable bonds is 4. The summed E-state index contributed by atoms with van der Waals surface area (Å²) < 4.78 is 0. The molecule has 0 aliphatic heterocycles. The molecule has 2 atom stereocenters.